The second-order valence-corrected chi connectivity index (χ2v) is 3.62. The second kappa shape index (κ2) is 2.42. The molecule has 2 saturated heterocycles. The first-order chi connectivity index (χ1) is 5.18. The summed E-state index contributed by atoms with van der Waals surface area (Å²) in [6, 6.07) is 0.0694. The van der Waals surface area contributed by atoms with Crippen molar-refractivity contribution in [2.45, 2.75) is 30.8 Å². The van der Waals surface area contributed by atoms with Crippen molar-refractivity contribution in [1.82, 2.24) is 0 Å². The zero-order valence-electron chi connectivity index (χ0n) is 6.27. The summed E-state index contributed by atoms with van der Waals surface area (Å²) in [6.07, 6.45) is -0.852. The fraction of sp³-hybridized carbons (Fsp3) is 1.00. The molecule has 2 heterocycles. The highest BCUT2D eigenvalue weighted by atomic mass is 16.3. The lowest BCUT2D eigenvalue weighted by molar-refractivity contribution is -0.902. The van der Waals surface area contributed by atoms with Crippen LogP contribution in [-0.2, 0) is 0 Å². The topological polar surface area (TPSA) is 65.1 Å². The van der Waals surface area contributed by atoms with Gasteiger partial charge in [-0.1, -0.05) is 0 Å². The van der Waals surface area contributed by atoms with E-state index >= 15 is 0 Å². The Hall–Kier alpha value is -0.160. The molecule has 11 heavy (non-hydrogen) atoms. The highest BCUT2D eigenvalue weighted by Gasteiger charge is 2.49. The molecule has 0 aromatic heterocycles. The molecule has 2 aliphatic heterocycles. The molecule has 4 nitrogen and oxygen atoms in total. The van der Waals surface area contributed by atoms with E-state index in [1.54, 1.807) is 0 Å². The lowest BCUT2D eigenvalue weighted by atomic mass is 10.1. The fourth-order valence-corrected chi connectivity index (χ4v) is 2.27. The first kappa shape index (κ1) is 7.49. The molecule has 2 rings (SSSR count). The third-order valence-electron chi connectivity index (χ3n) is 2.83. The molecular weight excluding hydrogens is 146 g/mol. The van der Waals surface area contributed by atoms with E-state index in [9.17, 15) is 15.3 Å². The molecule has 0 aromatic carbocycles. The lowest BCUT2D eigenvalue weighted by Crippen LogP contribution is -3.12. The van der Waals surface area contributed by atoms with Crippen LogP contribution < -0.4 is 4.90 Å². The molecule has 0 bridgehead atoms. The minimum atomic E-state index is -0.623. The Labute approximate surface area is 65.1 Å². The summed E-state index contributed by atoms with van der Waals surface area (Å²) in [4.78, 5) is 1.15. The molecular formula is C7H14NO3+. The summed E-state index contributed by atoms with van der Waals surface area (Å²) in [5, 5.41) is 27.9. The molecule has 2 aliphatic rings. The van der Waals surface area contributed by atoms with E-state index in [1.807, 2.05) is 0 Å². The van der Waals surface area contributed by atoms with Crippen LogP contribution in [0.2, 0.25) is 0 Å². The van der Waals surface area contributed by atoms with Crippen LogP contribution in [0.1, 0.15) is 6.42 Å². The third kappa shape index (κ3) is 1.06. The molecule has 2 fully saturated rings. The van der Waals surface area contributed by atoms with E-state index in [2.05, 4.69) is 0 Å². The molecule has 5 atom stereocenters. The van der Waals surface area contributed by atoms with E-state index in [0.717, 1.165) is 4.90 Å². The second-order valence-electron chi connectivity index (χ2n) is 3.62. The van der Waals surface area contributed by atoms with Gasteiger partial charge in [0.1, 0.15) is 37.4 Å². The number of fused-ring (bicyclic) bond motifs is 1. The van der Waals surface area contributed by atoms with Gasteiger partial charge in [-0.15, -0.1) is 0 Å². The lowest BCUT2D eigenvalue weighted by Gasteiger charge is -2.11. The number of hydrogen-bond donors (Lipinski definition) is 4. The number of hydrogen-bond acceptors (Lipinski definition) is 3. The molecule has 1 unspecified atom stereocenters. The van der Waals surface area contributed by atoms with Gasteiger partial charge in [-0.2, -0.15) is 0 Å². The van der Waals surface area contributed by atoms with Crippen LogP contribution in [0.15, 0.2) is 0 Å². The van der Waals surface area contributed by atoms with Gasteiger partial charge in [0.05, 0.1) is 0 Å². The molecule has 4 heteroatoms. The van der Waals surface area contributed by atoms with Crippen molar-refractivity contribution in [2.75, 3.05) is 13.1 Å². The van der Waals surface area contributed by atoms with Crippen LogP contribution in [0.4, 0.5) is 0 Å². The van der Waals surface area contributed by atoms with Crippen LogP contribution in [0.25, 0.3) is 0 Å². The Bertz CT molecular complexity index is 164. The quantitative estimate of drug-likeness (QED) is 0.301. The highest BCUT2D eigenvalue weighted by Crippen LogP contribution is 2.13. The molecule has 0 aliphatic carbocycles. The number of aliphatic hydroxyl groups excluding tert-OH is 3. The molecule has 0 amide bonds. The summed E-state index contributed by atoms with van der Waals surface area (Å²) >= 11 is 0. The Morgan fingerprint density at radius 2 is 1.82 bits per heavy atom. The minimum absolute atomic E-state index is 0.0694. The average molecular weight is 160 g/mol. The minimum Gasteiger partial charge on any atom is -0.387 e. The van der Waals surface area contributed by atoms with Crippen molar-refractivity contribution in [3.8, 4) is 0 Å². The molecule has 0 radical (unpaired) electrons. The molecule has 4 N–H and O–H groups in total. The third-order valence-corrected chi connectivity index (χ3v) is 2.83. The maximum Gasteiger partial charge on any atom is 0.137 e. The van der Waals surface area contributed by atoms with E-state index in [0.29, 0.717) is 19.5 Å². The van der Waals surface area contributed by atoms with Crippen molar-refractivity contribution in [3.63, 3.8) is 0 Å². The highest BCUT2D eigenvalue weighted by molar-refractivity contribution is 4.86. The van der Waals surface area contributed by atoms with Crippen molar-refractivity contribution >= 4 is 0 Å². The van der Waals surface area contributed by atoms with Gasteiger partial charge in [-0.25, -0.2) is 0 Å². The van der Waals surface area contributed by atoms with Crippen LogP contribution in [0.3, 0.4) is 0 Å². The number of nitrogens with one attached hydrogen (secondary N) is 1. The first-order valence-corrected chi connectivity index (χ1v) is 4.07. The number of rotatable bonds is 0. The van der Waals surface area contributed by atoms with Crippen LogP contribution in [0, 0.1) is 0 Å². The van der Waals surface area contributed by atoms with Gasteiger partial charge in [-0.05, 0) is 0 Å². The predicted molar refractivity (Wildman–Crippen MR) is 37.1 cm³/mol. The van der Waals surface area contributed by atoms with Crippen LogP contribution in [0.5, 0.6) is 0 Å². The van der Waals surface area contributed by atoms with Crippen molar-refractivity contribution < 1.29 is 20.2 Å². The Morgan fingerprint density at radius 1 is 1.09 bits per heavy atom. The summed E-state index contributed by atoms with van der Waals surface area (Å²) < 4.78 is 0. The number of aliphatic hydroxyl groups is 3. The Balaban J connectivity index is 2.07. The normalized spacial score (nSPS) is 56.5. The summed E-state index contributed by atoms with van der Waals surface area (Å²) in [7, 11) is 0. The van der Waals surface area contributed by atoms with Gasteiger partial charge >= 0.3 is 0 Å². The van der Waals surface area contributed by atoms with Crippen molar-refractivity contribution in [3.05, 3.63) is 0 Å². The van der Waals surface area contributed by atoms with Crippen LogP contribution in [-0.4, -0.2) is 52.8 Å². The summed E-state index contributed by atoms with van der Waals surface area (Å²) in [5.41, 5.74) is 0. The zero-order chi connectivity index (χ0) is 8.01. The maximum absolute atomic E-state index is 9.40. The van der Waals surface area contributed by atoms with E-state index < -0.39 is 12.2 Å². The van der Waals surface area contributed by atoms with Gasteiger partial charge in [-0.3, -0.25) is 0 Å². The average Bonchev–Trinajstić information content (AvgIpc) is 2.37. The molecule has 64 valence electrons. The van der Waals surface area contributed by atoms with E-state index in [4.69, 9.17) is 0 Å². The van der Waals surface area contributed by atoms with Gasteiger partial charge in [0.15, 0.2) is 0 Å². The molecule has 0 spiro atoms. The van der Waals surface area contributed by atoms with Gasteiger partial charge in [0.25, 0.3) is 0 Å². The van der Waals surface area contributed by atoms with Crippen molar-refractivity contribution in [1.29, 1.82) is 0 Å². The monoisotopic (exact) mass is 160 g/mol. The molecule has 0 saturated carbocycles. The smallest absolute Gasteiger partial charge is 0.137 e. The SMILES string of the molecule is O[C@H]1C[C@H]2[C@H](O)[C@H](O)C[NH+]2C1. The Kier molecular flexibility index (Phi) is 1.64. The van der Waals surface area contributed by atoms with Crippen LogP contribution >= 0.6 is 0 Å². The predicted octanol–water partition coefficient (Wildman–Crippen LogP) is -3.26. The van der Waals surface area contributed by atoms with Gasteiger partial charge in [0.2, 0.25) is 0 Å². The molecule has 0 aromatic rings. The van der Waals surface area contributed by atoms with Gasteiger partial charge in [0, 0.05) is 6.42 Å². The fourth-order valence-electron chi connectivity index (χ4n) is 2.27. The summed E-state index contributed by atoms with van der Waals surface area (Å²) in [6.45, 7) is 1.27. The number of quaternary nitrogens is 1. The Morgan fingerprint density at radius 3 is 2.45 bits per heavy atom. The summed E-state index contributed by atoms with van der Waals surface area (Å²) in [5.74, 6) is 0. The maximum atomic E-state index is 9.40. The standard InChI is InChI=1S/C7H13NO3/c9-4-1-5-7(11)6(10)3-8(5)2-4/h4-7,9-11H,1-3H2/p+1/t4-,5-,6+,7-/m0/s1. The zero-order valence-corrected chi connectivity index (χ0v) is 6.27. The largest absolute Gasteiger partial charge is 0.387 e. The first-order valence-electron chi connectivity index (χ1n) is 4.07. The van der Waals surface area contributed by atoms with E-state index in [1.165, 1.54) is 0 Å². The van der Waals surface area contributed by atoms with E-state index in [-0.39, 0.29) is 12.1 Å². The van der Waals surface area contributed by atoms with Crippen molar-refractivity contribution in [2.24, 2.45) is 0 Å². The van der Waals surface area contributed by atoms with Gasteiger partial charge < -0.3 is 20.2 Å².